The number of hydrogen-bond donors (Lipinski definition) is 1. The molecule has 0 bridgehead atoms. The zero-order valence-corrected chi connectivity index (χ0v) is 17.1. The van der Waals surface area contributed by atoms with Crippen LogP contribution in [-0.2, 0) is 11.2 Å². The van der Waals surface area contributed by atoms with Gasteiger partial charge in [-0.25, -0.2) is 13.5 Å². The van der Waals surface area contributed by atoms with Crippen LogP contribution in [0.25, 0.3) is 5.69 Å². The van der Waals surface area contributed by atoms with Crippen molar-refractivity contribution in [1.29, 1.82) is 0 Å². The predicted molar refractivity (Wildman–Crippen MR) is 113 cm³/mol. The van der Waals surface area contributed by atoms with Crippen LogP contribution in [0.2, 0.25) is 0 Å². The lowest BCUT2D eigenvalue weighted by Gasteiger charge is -2.26. The van der Waals surface area contributed by atoms with E-state index < -0.39 is 11.6 Å². The Hall–Kier alpha value is -3.10. The lowest BCUT2D eigenvalue weighted by molar-refractivity contribution is 0.0374. The van der Waals surface area contributed by atoms with Crippen molar-refractivity contribution in [1.82, 2.24) is 14.7 Å². The van der Waals surface area contributed by atoms with E-state index in [-0.39, 0.29) is 22.9 Å². The summed E-state index contributed by atoms with van der Waals surface area (Å²) < 4.78 is 33.8. The number of morpholine rings is 1. The van der Waals surface area contributed by atoms with Crippen molar-refractivity contribution in [2.24, 2.45) is 0 Å². The van der Waals surface area contributed by atoms with Crippen LogP contribution in [0, 0.1) is 11.6 Å². The second kappa shape index (κ2) is 9.36. The van der Waals surface area contributed by atoms with Crippen molar-refractivity contribution in [3.63, 3.8) is 0 Å². The monoisotopic (exact) mass is 426 g/mol. The lowest BCUT2D eigenvalue weighted by Crippen LogP contribution is -2.36. The van der Waals surface area contributed by atoms with Gasteiger partial charge in [0.05, 0.1) is 25.0 Å². The third-order valence-electron chi connectivity index (χ3n) is 5.42. The molecule has 0 spiro atoms. The van der Waals surface area contributed by atoms with Crippen LogP contribution in [-0.4, -0.2) is 53.3 Å². The van der Waals surface area contributed by atoms with Gasteiger partial charge in [-0.3, -0.25) is 9.69 Å². The SMILES string of the molecule is Nc1c(C(=O)c2cccc(CCCN3CCOCC3)c2)cnn1-c1ccc(F)cc1F. The molecule has 2 N–H and O–H groups in total. The summed E-state index contributed by atoms with van der Waals surface area (Å²) in [4.78, 5) is 15.4. The van der Waals surface area contributed by atoms with Crippen LogP contribution in [0.1, 0.15) is 27.9 Å². The van der Waals surface area contributed by atoms with E-state index in [1.807, 2.05) is 18.2 Å². The largest absolute Gasteiger partial charge is 0.383 e. The van der Waals surface area contributed by atoms with Gasteiger partial charge in [0.25, 0.3) is 0 Å². The summed E-state index contributed by atoms with van der Waals surface area (Å²) in [5, 5.41) is 4.04. The number of rotatable bonds is 7. The normalized spacial score (nSPS) is 14.6. The fourth-order valence-electron chi connectivity index (χ4n) is 3.73. The van der Waals surface area contributed by atoms with E-state index in [4.69, 9.17) is 10.5 Å². The van der Waals surface area contributed by atoms with Gasteiger partial charge in [0, 0.05) is 24.7 Å². The van der Waals surface area contributed by atoms with E-state index in [0.717, 1.165) is 68.1 Å². The molecule has 6 nitrogen and oxygen atoms in total. The maximum absolute atomic E-state index is 14.1. The summed E-state index contributed by atoms with van der Waals surface area (Å²) in [5.74, 6) is -1.79. The Morgan fingerprint density at radius 1 is 1.13 bits per heavy atom. The Morgan fingerprint density at radius 3 is 2.71 bits per heavy atom. The van der Waals surface area contributed by atoms with Crippen LogP contribution in [0.15, 0.2) is 48.7 Å². The molecule has 0 radical (unpaired) electrons. The summed E-state index contributed by atoms with van der Waals surface area (Å²) in [7, 11) is 0. The number of anilines is 1. The van der Waals surface area contributed by atoms with Crippen molar-refractivity contribution in [2.75, 3.05) is 38.6 Å². The quantitative estimate of drug-likeness (QED) is 0.588. The molecule has 0 aliphatic carbocycles. The van der Waals surface area contributed by atoms with Crippen molar-refractivity contribution in [3.05, 3.63) is 77.0 Å². The Bertz CT molecular complexity index is 1080. The molecule has 1 aliphatic rings. The van der Waals surface area contributed by atoms with E-state index >= 15 is 0 Å². The number of nitrogen functional groups attached to an aromatic ring is 1. The van der Waals surface area contributed by atoms with Gasteiger partial charge in [-0.1, -0.05) is 18.2 Å². The van der Waals surface area contributed by atoms with Crippen molar-refractivity contribution in [2.45, 2.75) is 12.8 Å². The average molecular weight is 426 g/mol. The van der Waals surface area contributed by atoms with Crippen LogP contribution in [0.3, 0.4) is 0 Å². The average Bonchev–Trinajstić information content (AvgIpc) is 3.15. The number of halogens is 2. The molecule has 2 aromatic carbocycles. The highest BCUT2D eigenvalue weighted by molar-refractivity contribution is 6.11. The molecule has 0 atom stereocenters. The number of carbonyl (C=O) groups excluding carboxylic acids is 1. The van der Waals surface area contributed by atoms with Crippen molar-refractivity contribution >= 4 is 11.6 Å². The Labute approximate surface area is 179 Å². The highest BCUT2D eigenvalue weighted by Crippen LogP contribution is 2.23. The molecule has 1 saturated heterocycles. The standard InChI is InChI=1S/C23H24F2N4O2/c24-18-6-7-21(20(25)14-18)29-23(26)19(15-27-29)22(30)17-5-1-3-16(13-17)4-2-8-28-9-11-31-12-10-28/h1,3,5-7,13-15H,2,4,8-12,26H2. The van der Waals surface area contributed by atoms with Crippen molar-refractivity contribution < 1.29 is 18.3 Å². The van der Waals surface area contributed by atoms with Gasteiger partial charge < -0.3 is 10.5 Å². The highest BCUT2D eigenvalue weighted by Gasteiger charge is 2.20. The van der Waals surface area contributed by atoms with Gasteiger partial charge in [0.2, 0.25) is 0 Å². The van der Waals surface area contributed by atoms with Gasteiger partial charge in [-0.15, -0.1) is 0 Å². The Balaban J connectivity index is 1.47. The third kappa shape index (κ3) is 4.81. The number of nitrogens with zero attached hydrogens (tertiary/aromatic N) is 3. The molecule has 3 aromatic rings. The third-order valence-corrected chi connectivity index (χ3v) is 5.42. The lowest BCUT2D eigenvalue weighted by atomic mass is 10.0. The van der Waals surface area contributed by atoms with Crippen LogP contribution in [0.4, 0.5) is 14.6 Å². The molecule has 31 heavy (non-hydrogen) atoms. The van der Waals surface area contributed by atoms with E-state index in [1.165, 1.54) is 12.3 Å². The number of nitrogens with two attached hydrogens (primary N) is 1. The Kier molecular flexibility index (Phi) is 6.39. The molecule has 8 heteroatoms. The molecule has 1 aliphatic heterocycles. The van der Waals surface area contributed by atoms with E-state index in [1.54, 1.807) is 6.07 Å². The Morgan fingerprint density at radius 2 is 1.94 bits per heavy atom. The van der Waals surface area contributed by atoms with Crippen LogP contribution >= 0.6 is 0 Å². The maximum Gasteiger partial charge on any atom is 0.198 e. The van der Waals surface area contributed by atoms with E-state index in [9.17, 15) is 13.6 Å². The summed E-state index contributed by atoms with van der Waals surface area (Å²) in [6.45, 7) is 4.46. The molecular formula is C23H24F2N4O2. The fraction of sp³-hybridized carbons (Fsp3) is 0.304. The predicted octanol–water partition coefficient (Wildman–Crippen LogP) is 3.23. The molecule has 162 valence electrons. The zero-order chi connectivity index (χ0) is 21.8. The van der Waals surface area contributed by atoms with Crippen LogP contribution < -0.4 is 5.73 Å². The first-order chi connectivity index (χ1) is 15.0. The zero-order valence-electron chi connectivity index (χ0n) is 17.1. The molecule has 4 rings (SSSR count). The van der Waals surface area contributed by atoms with Gasteiger partial charge in [-0.2, -0.15) is 5.10 Å². The van der Waals surface area contributed by atoms with E-state index in [2.05, 4.69) is 10.00 Å². The number of aromatic nitrogens is 2. The van der Waals surface area contributed by atoms with Gasteiger partial charge in [0.15, 0.2) is 11.6 Å². The first-order valence-corrected chi connectivity index (χ1v) is 10.3. The van der Waals surface area contributed by atoms with Gasteiger partial charge in [-0.05, 0) is 43.1 Å². The number of aryl methyl sites for hydroxylation is 1. The second-order valence-corrected chi connectivity index (χ2v) is 7.54. The number of ether oxygens (including phenoxy) is 1. The topological polar surface area (TPSA) is 73.4 Å². The number of carbonyl (C=O) groups is 1. The fourth-order valence-corrected chi connectivity index (χ4v) is 3.73. The number of benzene rings is 2. The molecular weight excluding hydrogens is 402 g/mol. The van der Waals surface area contributed by atoms with Crippen molar-refractivity contribution in [3.8, 4) is 5.69 Å². The minimum atomic E-state index is -0.809. The number of ketones is 1. The smallest absolute Gasteiger partial charge is 0.198 e. The first kappa shape index (κ1) is 21.1. The second-order valence-electron chi connectivity index (χ2n) is 7.54. The summed E-state index contributed by atoms with van der Waals surface area (Å²) in [6, 6.07) is 10.5. The van der Waals surface area contributed by atoms with Gasteiger partial charge >= 0.3 is 0 Å². The van der Waals surface area contributed by atoms with Gasteiger partial charge in [0.1, 0.15) is 17.3 Å². The minimum Gasteiger partial charge on any atom is -0.383 e. The molecule has 2 heterocycles. The summed E-state index contributed by atoms with van der Waals surface area (Å²) >= 11 is 0. The molecule has 1 fully saturated rings. The highest BCUT2D eigenvalue weighted by atomic mass is 19.1. The molecule has 0 amide bonds. The van der Waals surface area contributed by atoms with E-state index in [0.29, 0.717) is 5.56 Å². The summed E-state index contributed by atoms with van der Waals surface area (Å²) in [6.07, 6.45) is 3.15. The number of hydrogen-bond acceptors (Lipinski definition) is 5. The van der Waals surface area contributed by atoms with Crippen LogP contribution in [0.5, 0.6) is 0 Å². The summed E-state index contributed by atoms with van der Waals surface area (Å²) in [5.41, 5.74) is 7.80. The molecule has 0 saturated carbocycles. The first-order valence-electron chi connectivity index (χ1n) is 10.3. The minimum absolute atomic E-state index is 0.00762. The molecule has 0 unspecified atom stereocenters. The molecule has 1 aromatic heterocycles. The maximum atomic E-state index is 14.1.